The number of hydrogen-bond acceptors (Lipinski definition) is 3. The van der Waals surface area contributed by atoms with Crippen LogP contribution in [-0.4, -0.2) is 38.8 Å². The molecule has 112 valence electrons. The normalized spacial score (nSPS) is 10.8. The molecule has 0 aromatic carbocycles. The molecule has 0 bridgehead atoms. The molecular formula is C17H18N4O. The summed E-state index contributed by atoms with van der Waals surface area (Å²) in [6.07, 6.45) is 8.54. The Kier molecular flexibility index (Phi) is 4.14. The summed E-state index contributed by atoms with van der Waals surface area (Å²) in [5.74, 6) is 0.0810. The highest BCUT2D eigenvalue weighted by atomic mass is 16.2. The predicted octanol–water partition coefficient (Wildman–Crippen LogP) is 1.97. The van der Waals surface area contributed by atoms with Crippen LogP contribution < -0.4 is 0 Å². The minimum atomic E-state index is 0.0810. The van der Waals surface area contributed by atoms with Crippen LogP contribution in [0.25, 0.3) is 5.65 Å². The number of rotatable bonds is 5. The molecule has 0 aliphatic rings. The van der Waals surface area contributed by atoms with Gasteiger partial charge in [-0.25, -0.2) is 4.98 Å². The van der Waals surface area contributed by atoms with Gasteiger partial charge in [0, 0.05) is 38.4 Å². The maximum atomic E-state index is 12.3. The number of hydrogen-bond donors (Lipinski definition) is 0. The van der Waals surface area contributed by atoms with Crippen molar-refractivity contribution in [3.63, 3.8) is 0 Å². The molecule has 3 aromatic heterocycles. The first-order valence-electron chi connectivity index (χ1n) is 7.28. The van der Waals surface area contributed by atoms with E-state index in [1.165, 1.54) is 5.56 Å². The van der Waals surface area contributed by atoms with Gasteiger partial charge in [-0.3, -0.25) is 9.78 Å². The molecule has 0 aliphatic carbocycles. The average molecular weight is 294 g/mol. The third-order valence-corrected chi connectivity index (χ3v) is 3.66. The Morgan fingerprint density at radius 1 is 1.23 bits per heavy atom. The van der Waals surface area contributed by atoms with Crippen molar-refractivity contribution in [3.05, 3.63) is 66.4 Å². The van der Waals surface area contributed by atoms with Crippen LogP contribution in [0.2, 0.25) is 0 Å². The number of nitrogens with zero attached hydrogens (tertiary/aromatic N) is 4. The van der Waals surface area contributed by atoms with E-state index in [0.717, 1.165) is 17.8 Å². The number of carbonyl (C=O) groups excluding carboxylic acids is 1. The molecule has 3 aromatic rings. The van der Waals surface area contributed by atoms with Gasteiger partial charge in [-0.1, -0.05) is 6.07 Å². The Morgan fingerprint density at radius 3 is 2.82 bits per heavy atom. The number of aromatic nitrogens is 3. The summed E-state index contributed by atoms with van der Waals surface area (Å²) in [6, 6.07) is 9.76. The zero-order chi connectivity index (χ0) is 15.4. The topological polar surface area (TPSA) is 50.5 Å². The Balaban J connectivity index is 1.58. The monoisotopic (exact) mass is 294 g/mol. The second kappa shape index (κ2) is 6.39. The molecule has 0 radical (unpaired) electrons. The molecule has 0 unspecified atom stereocenters. The lowest BCUT2D eigenvalue weighted by molar-refractivity contribution is -0.129. The standard InChI is InChI=1S/C17H18N4O/c1-20(11-7-14-5-8-18-9-6-14)17(22)12-15-13-21-10-3-2-4-16(21)19-15/h2-6,8-10,13H,7,11-12H2,1H3. The zero-order valence-corrected chi connectivity index (χ0v) is 12.5. The van der Waals surface area contributed by atoms with Crippen molar-refractivity contribution < 1.29 is 4.79 Å². The summed E-state index contributed by atoms with van der Waals surface area (Å²) < 4.78 is 1.93. The van der Waals surface area contributed by atoms with E-state index >= 15 is 0 Å². The maximum absolute atomic E-state index is 12.3. The number of carbonyl (C=O) groups is 1. The third-order valence-electron chi connectivity index (χ3n) is 3.66. The number of fused-ring (bicyclic) bond motifs is 1. The molecule has 0 saturated carbocycles. The molecule has 0 atom stereocenters. The highest BCUT2D eigenvalue weighted by molar-refractivity contribution is 5.78. The van der Waals surface area contributed by atoms with Gasteiger partial charge in [0.15, 0.2) is 0 Å². The van der Waals surface area contributed by atoms with E-state index in [4.69, 9.17) is 0 Å². The van der Waals surface area contributed by atoms with Crippen molar-refractivity contribution in [2.24, 2.45) is 0 Å². The Hall–Kier alpha value is -2.69. The highest BCUT2D eigenvalue weighted by Crippen LogP contribution is 2.07. The SMILES string of the molecule is CN(CCc1ccncc1)C(=O)Cc1cn2ccccc2n1. The number of pyridine rings is 2. The predicted molar refractivity (Wildman–Crippen MR) is 84.5 cm³/mol. The molecule has 0 fully saturated rings. The molecule has 5 heteroatoms. The summed E-state index contributed by atoms with van der Waals surface area (Å²) in [6.45, 7) is 0.691. The van der Waals surface area contributed by atoms with E-state index in [-0.39, 0.29) is 5.91 Å². The quantitative estimate of drug-likeness (QED) is 0.723. The molecule has 3 rings (SSSR count). The van der Waals surface area contributed by atoms with Crippen molar-refractivity contribution >= 4 is 11.6 Å². The fourth-order valence-corrected chi connectivity index (χ4v) is 2.33. The molecule has 0 aliphatic heterocycles. The van der Waals surface area contributed by atoms with Crippen LogP contribution in [0.4, 0.5) is 0 Å². The molecule has 1 amide bonds. The average Bonchev–Trinajstić information content (AvgIpc) is 2.95. The van der Waals surface area contributed by atoms with E-state index in [1.54, 1.807) is 17.3 Å². The molecule has 0 saturated heterocycles. The van der Waals surface area contributed by atoms with Gasteiger partial charge >= 0.3 is 0 Å². The highest BCUT2D eigenvalue weighted by Gasteiger charge is 2.12. The van der Waals surface area contributed by atoms with Gasteiger partial charge in [0.05, 0.1) is 12.1 Å². The molecule has 0 spiro atoms. The Labute approximate surface area is 129 Å². The largest absolute Gasteiger partial charge is 0.345 e. The second-order valence-electron chi connectivity index (χ2n) is 5.30. The maximum Gasteiger partial charge on any atom is 0.228 e. The third kappa shape index (κ3) is 3.31. The second-order valence-corrected chi connectivity index (χ2v) is 5.30. The molecular weight excluding hydrogens is 276 g/mol. The smallest absolute Gasteiger partial charge is 0.228 e. The summed E-state index contributed by atoms with van der Waals surface area (Å²) in [5, 5.41) is 0. The van der Waals surface area contributed by atoms with Gasteiger partial charge in [0.25, 0.3) is 0 Å². The van der Waals surface area contributed by atoms with Crippen molar-refractivity contribution in [1.29, 1.82) is 0 Å². The molecule has 0 N–H and O–H groups in total. The van der Waals surface area contributed by atoms with E-state index in [0.29, 0.717) is 13.0 Å². The van der Waals surface area contributed by atoms with Crippen LogP contribution >= 0.6 is 0 Å². The minimum absolute atomic E-state index is 0.0810. The fraction of sp³-hybridized carbons (Fsp3) is 0.235. The van der Waals surface area contributed by atoms with Crippen LogP contribution in [0.5, 0.6) is 0 Å². The van der Waals surface area contributed by atoms with E-state index in [1.807, 2.05) is 54.2 Å². The van der Waals surface area contributed by atoms with Crippen molar-refractivity contribution in [1.82, 2.24) is 19.3 Å². The summed E-state index contributed by atoms with van der Waals surface area (Å²) >= 11 is 0. The lowest BCUT2D eigenvalue weighted by Gasteiger charge is -2.16. The van der Waals surface area contributed by atoms with Gasteiger partial charge in [0.2, 0.25) is 5.91 Å². The van der Waals surface area contributed by atoms with Gasteiger partial charge in [-0.15, -0.1) is 0 Å². The Morgan fingerprint density at radius 2 is 2.05 bits per heavy atom. The van der Waals surface area contributed by atoms with Crippen LogP contribution in [-0.2, 0) is 17.6 Å². The lowest BCUT2D eigenvalue weighted by Crippen LogP contribution is -2.30. The van der Waals surface area contributed by atoms with E-state index in [2.05, 4.69) is 9.97 Å². The summed E-state index contributed by atoms with van der Waals surface area (Å²) in [5.41, 5.74) is 2.85. The number of amides is 1. The number of imidazole rings is 1. The van der Waals surface area contributed by atoms with Gasteiger partial charge in [-0.2, -0.15) is 0 Å². The van der Waals surface area contributed by atoms with Crippen LogP contribution in [0.3, 0.4) is 0 Å². The van der Waals surface area contributed by atoms with Gasteiger partial charge < -0.3 is 9.30 Å². The van der Waals surface area contributed by atoms with Crippen LogP contribution in [0, 0.1) is 0 Å². The van der Waals surface area contributed by atoms with Crippen LogP contribution in [0.15, 0.2) is 55.1 Å². The molecule has 5 nitrogen and oxygen atoms in total. The Bertz CT molecular complexity index is 733. The van der Waals surface area contributed by atoms with E-state index in [9.17, 15) is 4.79 Å². The zero-order valence-electron chi connectivity index (χ0n) is 12.5. The fourth-order valence-electron chi connectivity index (χ4n) is 2.33. The first-order valence-corrected chi connectivity index (χ1v) is 7.28. The first-order chi connectivity index (χ1) is 10.7. The van der Waals surface area contributed by atoms with Crippen molar-refractivity contribution in [2.45, 2.75) is 12.8 Å². The van der Waals surface area contributed by atoms with Crippen molar-refractivity contribution in [2.75, 3.05) is 13.6 Å². The van der Waals surface area contributed by atoms with Crippen LogP contribution in [0.1, 0.15) is 11.3 Å². The molecule has 3 heterocycles. The van der Waals surface area contributed by atoms with Gasteiger partial charge in [-0.05, 0) is 36.2 Å². The van der Waals surface area contributed by atoms with Crippen molar-refractivity contribution in [3.8, 4) is 0 Å². The van der Waals surface area contributed by atoms with E-state index < -0.39 is 0 Å². The minimum Gasteiger partial charge on any atom is -0.345 e. The molecule has 22 heavy (non-hydrogen) atoms. The van der Waals surface area contributed by atoms with Gasteiger partial charge in [0.1, 0.15) is 5.65 Å². The first kappa shape index (κ1) is 14.3. The summed E-state index contributed by atoms with van der Waals surface area (Å²) in [7, 11) is 1.83. The lowest BCUT2D eigenvalue weighted by atomic mass is 10.2. The number of likely N-dealkylation sites (N-methyl/N-ethyl adjacent to an activating group) is 1. The summed E-state index contributed by atoms with van der Waals surface area (Å²) in [4.78, 5) is 22.5.